The first-order chi connectivity index (χ1) is 13.2. The van der Waals surface area contributed by atoms with E-state index < -0.39 is 15.9 Å². The molecule has 1 saturated carbocycles. The Hall–Kier alpha value is -2.65. The third kappa shape index (κ3) is 4.42. The molecule has 0 unspecified atom stereocenters. The van der Waals surface area contributed by atoms with Crippen molar-refractivity contribution in [2.75, 3.05) is 7.11 Å². The summed E-state index contributed by atoms with van der Waals surface area (Å²) in [4.78, 5) is 27.2. The van der Waals surface area contributed by atoms with Crippen molar-refractivity contribution in [3.05, 3.63) is 57.0 Å². The van der Waals surface area contributed by atoms with Crippen LogP contribution in [0, 0.1) is 13.8 Å². The minimum atomic E-state index is -3.79. The van der Waals surface area contributed by atoms with E-state index in [1.54, 1.807) is 13.8 Å². The van der Waals surface area contributed by atoms with Gasteiger partial charge in [0.15, 0.2) is 0 Å². The highest BCUT2D eigenvalue weighted by Crippen LogP contribution is 2.28. The summed E-state index contributed by atoms with van der Waals surface area (Å²) in [5.41, 5.74) is 1.87. The number of hydrogen-bond acceptors (Lipinski definition) is 5. The van der Waals surface area contributed by atoms with E-state index >= 15 is 0 Å². The van der Waals surface area contributed by atoms with Gasteiger partial charge in [-0.25, -0.2) is 13.1 Å². The molecule has 0 radical (unpaired) electrons. The molecule has 8 nitrogen and oxygen atoms in total. The number of carbonyl (C=O) groups is 1. The van der Waals surface area contributed by atoms with Crippen molar-refractivity contribution < 1.29 is 17.9 Å². The molecule has 1 aliphatic rings. The standard InChI is InChI=1S/C19H23N3O5S/c1-11-8-12(2)21-19(24)15(11)10-20-18(23)13-4-7-16(27-3)17(9-13)28(25,26)22-14-5-6-14/h4,7-9,14,22H,5-6,10H2,1-3H3,(H,20,23)(H,21,24). The third-order valence-corrected chi connectivity index (χ3v) is 6.08. The van der Waals surface area contributed by atoms with Crippen LogP contribution in [0.4, 0.5) is 0 Å². The number of benzene rings is 1. The molecule has 0 spiro atoms. The lowest BCUT2D eigenvalue weighted by Crippen LogP contribution is -2.29. The first kappa shape index (κ1) is 20.1. The molecule has 0 aliphatic heterocycles. The fourth-order valence-corrected chi connectivity index (χ4v) is 4.38. The number of aryl methyl sites for hydroxylation is 2. The first-order valence-electron chi connectivity index (χ1n) is 8.89. The molecule has 3 rings (SSSR count). The summed E-state index contributed by atoms with van der Waals surface area (Å²) in [5.74, 6) is -0.319. The number of ether oxygens (including phenoxy) is 1. The van der Waals surface area contributed by atoms with Crippen LogP contribution < -0.4 is 20.3 Å². The summed E-state index contributed by atoms with van der Waals surface area (Å²) >= 11 is 0. The number of aromatic amines is 1. The Morgan fingerprint density at radius 2 is 1.96 bits per heavy atom. The van der Waals surface area contributed by atoms with E-state index in [1.165, 1.54) is 25.3 Å². The van der Waals surface area contributed by atoms with Crippen molar-refractivity contribution in [2.24, 2.45) is 0 Å². The van der Waals surface area contributed by atoms with Crippen molar-refractivity contribution >= 4 is 15.9 Å². The summed E-state index contributed by atoms with van der Waals surface area (Å²) in [6.07, 6.45) is 1.60. The van der Waals surface area contributed by atoms with E-state index in [9.17, 15) is 18.0 Å². The number of methoxy groups -OCH3 is 1. The van der Waals surface area contributed by atoms with Gasteiger partial charge in [0, 0.05) is 29.4 Å². The van der Waals surface area contributed by atoms with Crippen LogP contribution in [0.15, 0.2) is 34.0 Å². The molecule has 0 bridgehead atoms. The van der Waals surface area contributed by atoms with E-state index in [4.69, 9.17) is 4.74 Å². The lowest BCUT2D eigenvalue weighted by molar-refractivity contribution is 0.0950. The molecule has 1 aromatic carbocycles. The number of hydrogen-bond donors (Lipinski definition) is 3. The third-order valence-electron chi connectivity index (χ3n) is 4.53. The number of H-pyrrole nitrogens is 1. The second-order valence-electron chi connectivity index (χ2n) is 6.89. The SMILES string of the molecule is COc1ccc(C(=O)NCc2c(C)cc(C)[nH]c2=O)cc1S(=O)(=O)NC1CC1. The monoisotopic (exact) mass is 405 g/mol. The maximum Gasteiger partial charge on any atom is 0.253 e. The van der Waals surface area contributed by atoms with Crippen LogP contribution in [0.25, 0.3) is 0 Å². The van der Waals surface area contributed by atoms with Gasteiger partial charge in [-0.1, -0.05) is 0 Å². The Morgan fingerprint density at radius 3 is 2.57 bits per heavy atom. The Labute approximate surface area is 163 Å². The number of sulfonamides is 1. The van der Waals surface area contributed by atoms with Gasteiger partial charge in [-0.15, -0.1) is 0 Å². The predicted molar refractivity (Wildman–Crippen MR) is 104 cm³/mol. The number of rotatable bonds is 7. The van der Waals surface area contributed by atoms with Crippen LogP contribution in [0.2, 0.25) is 0 Å². The van der Waals surface area contributed by atoms with Crippen molar-refractivity contribution in [3.63, 3.8) is 0 Å². The molecule has 1 aromatic heterocycles. The van der Waals surface area contributed by atoms with E-state index in [0.29, 0.717) is 5.56 Å². The Balaban J connectivity index is 1.82. The lowest BCUT2D eigenvalue weighted by atomic mass is 10.1. The zero-order valence-electron chi connectivity index (χ0n) is 16.0. The van der Waals surface area contributed by atoms with Crippen LogP contribution in [-0.2, 0) is 16.6 Å². The van der Waals surface area contributed by atoms with Gasteiger partial charge >= 0.3 is 0 Å². The molecular formula is C19H23N3O5S. The minimum absolute atomic E-state index is 0.0364. The van der Waals surface area contributed by atoms with E-state index in [1.807, 2.05) is 6.07 Å². The van der Waals surface area contributed by atoms with Gasteiger partial charge in [-0.3, -0.25) is 9.59 Å². The Kier molecular flexibility index (Phi) is 5.57. The molecule has 3 N–H and O–H groups in total. The number of nitrogens with one attached hydrogen (secondary N) is 3. The van der Waals surface area contributed by atoms with Crippen molar-refractivity contribution in [1.29, 1.82) is 0 Å². The zero-order chi connectivity index (χ0) is 20.5. The molecule has 9 heteroatoms. The average molecular weight is 405 g/mol. The molecule has 1 amide bonds. The van der Waals surface area contributed by atoms with Crippen LogP contribution in [0.3, 0.4) is 0 Å². The summed E-state index contributed by atoms with van der Waals surface area (Å²) < 4.78 is 32.9. The number of aromatic nitrogens is 1. The Morgan fingerprint density at radius 1 is 1.25 bits per heavy atom. The van der Waals surface area contributed by atoms with Crippen LogP contribution >= 0.6 is 0 Å². The number of carbonyl (C=O) groups excluding carboxylic acids is 1. The smallest absolute Gasteiger partial charge is 0.253 e. The number of pyridine rings is 1. The maximum atomic E-state index is 12.6. The van der Waals surface area contributed by atoms with E-state index in [0.717, 1.165) is 24.1 Å². The van der Waals surface area contributed by atoms with Gasteiger partial charge < -0.3 is 15.0 Å². The quantitative estimate of drug-likeness (QED) is 0.643. The van der Waals surface area contributed by atoms with Gasteiger partial charge in [0.05, 0.1) is 7.11 Å². The molecular weight excluding hydrogens is 382 g/mol. The molecule has 0 saturated heterocycles. The summed E-state index contributed by atoms with van der Waals surface area (Å²) in [6, 6.07) is 5.97. The second kappa shape index (κ2) is 7.76. The van der Waals surface area contributed by atoms with E-state index in [2.05, 4.69) is 15.0 Å². The van der Waals surface area contributed by atoms with Gasteiger partial charge in [-0.05, 0) is 56.5 Å². The predicted octanol–water partition coefficient (Wildman–Crippen LogP) is 1.37. The summed E-state index contributed by atoms with van der Waals surface area (Å²) in [6.45, 7) is 3.62. The van der Waals surface area contributed by atoms with E-state index in [-0.39, 0.29) is 34.4 Å². The van der Waals surface area contributed by atoms with Crippen molar-refractivity contribution in [1.82, 2.24) is 15.0 Å². The largest absolute Gasteiger partial charge is 0.495 e. The minimum Gasteiger partial charge on any atom is -0.495 e. The van der Waals surface area contributed by atoms with Crippen molar-refractivity contribution in [3.8, 4) is 5.75 Å². The van der Waals surface area contributed by atoms with Crippen LogP contribution in [0.1, 0.15) is 40.0 Å². The van der Waals surface area contributed by atoms with Crippen molar-refractivity contribution in [2.45, 2.75) is 44.2 Å². The Bertz CT molecular complexity index is 1070. The van der Waals surface area contributed by atoms with Crippen LogP contribution in [0.5, 0.6) is 5.75 Å². The summed E-state index contributed by atoms with van der Waals surface area (Å²) in [7, 11) is -2.42. The molecule has 2 aromatic rings. The maximum absolute atomic E-state index is 12.6. The molecule has 28 heavy (non-hydrogen) atoms. The second-order valence-corrected chi connectivity index (χ2v) is 8.57. The lowest BCUT2D eigenvalue weighted by Gasteiger charge is -2.13. The summed E-state index contributed by atoms with van der Waals surface area (Å²) in [5, 5.41) is 2.67. The highest BCUT2D eigenvalue weighted by molar-refractivity contribution is 7.89. The van der Waals surface area contributed by atoms with Gasteiger partial charge in [0.25, 0.3) is 11.5 Å². The fraction of sp³-hybridized carbons (Fsp3) is 0.368. The molecule has 150 valence electrons. The molecule has 1 heterocycles. The topological polar surface area (TPSA) is 117 Å². The van der Waals surface area contributed by atoms with Gasteiger partial charge in [-0.2, -0.15) is 0 Å². The molecule has 0 atom stereocenters. The highest BCUT2D eigenvalue weighted by Gasteiger charge is 2.30. The zero-order valence-corrected chi connectivity index (χ0v) is 16.8. The highest BCUT2D eigenvalue weighted by atomic mass is 32.2. The normalized spacial score (nSPS) is 14.0. The van der Waals surface area contributed by atoms with Crippen LogP contribution in [-0.4, -0.2) is 32.5 Å². The van der Waals surface area contributed by atoms with Gasteiger partial charge in [0.2, 0.25) is 10.0 Å². The molecule has 1 fully saturated rings. The fourth-order valence-electron chi connectivity index (χ4n) is 2.88. The average Bonchev–Trinajstić information content (AvgIpc) is 3.43. The molecule has 1 aliphatic carbocycles. The van der Waals surface area contributed by atoms with Gasteiger partial charge in [0.1, 0.15) is 10.6 Å². The number of amides is 1. The first-order valence-corrected chi connectivity index (χ1v) is 10.4.